The number of rotatable bonds is 4. The lowest BCUT2D eigenvalue weighted by atomic mass is 9.96. The molecule has 3 rings (SSSR count). The van der Waals surface area contributed by atoms with Crippen molar-refractivity contribution >= 4 is 5.91 Å². The van der Waals surface area contributed by atoms with Gasteiger partial charge >= 0.3 is 5.69 Å². The number of likely N-dealkylation sites (tertiary alicyclic amines) is 1. The summed E-state index contributed by atoms with van der Waals surface area (Å²) in [5.41, 5.74) is -0.705. The van der Waals surface area contributed by atoms with E-state index in [-0.39, 0.29) is 30.4 Å². The molecule has 140 valence electrons. The van der Waals surface area contributed by atoms with Gasteiger partial charge in [0.05, 0.1) is 6.42 Å². The molecule has 1 saturated heterocycles. The zero-order valence-electron chi connectivity index (χ0n) is 14.8. The Bertz CT molecular complexity index is 928. The van der Waals surface area contributed by atoms with E-state index in [1.54, 1.807) is 16.5 Å². The molecule has 1 aliphatic heterocycles. The molecule has 2 aromatic heterocycles. The van der Waals surface area contributed by atoms with Gasteiger partial charge in [-0.1, -0.05) is 0 Å². The van der Waals surface area contributed by atoms with Crippen LogP contribution in [0.25, 0.3) is 0 Å². The summed E-state index contributed by atoms with van der Waals surface area (Å²) in [6, 6.07) is 0. The van der Waals surface area contributed by atoms with E-state index < -0.39 is 11.2 Å². The number of nitrogens with one attached hydrogen (secondary N) is 1. The average Bonchev–Trinajstić information content (AvgIpc) is 3.02. The number of hydrogen-bond acceptors (Lipinski definition) is 6. The van der Waals surface area contributed by atoms with Gasteiger partial charge in [0, 0.05) is 44.9 Å². The molecule has 1 fully saturated rings. The van der Waals surface area contributed by atoms with Crippen molar-refractivity contribution in [3.63, 3.8) is 0 Å². The molecule has 1 amide bonds. The molecule has 2 aromatic rings. The summed E-state index contributed by atoms with van der Waals surface area (Å²) in [5.74, 6) is 1.10. The van der Waals surface area contributed by atoms with E-state index in [4.69, 9.17) is 0 Å². The number of aliphatic hydroxyl groups excluding tert-OH is 1. The number of aliphatic hydroxyl groups is 1. The summed E-state index contributed by atoms with van der Waals surface area (Å²) in [7, 11) is 3.17. The van der Waals surface area contributed by atoms with Crippen LogP contribution in [-0.4, -0.2) is 53.3 Å². The van der Waals surface area contributed by atoms with Crippen molar-refractivity contribution in [1.29, 1.82) is 0 Å². The Labute approximate surface area is 149 Å². The molecule has 1 atom stereocenters. The highest BCUT2D eigenvalue weighted by molar-refractivity contribution is 5.78. The molecule has 10 nitrogen and oxygen atoms in total. The van der Waals surface area contributed by atoms with Crippen molar-refractivity contribution in [3.8, 4) is 0 Å². The highest BCUT2D eigenvalue weighted by Gasteiger charge is 2.28. The summed E-state index contributed by atoms with van der Waals surface area (Å²) in [5, 5.41) is 17.4. The number of H-pyrrole nitrogens is 1. The van der Waals surface area contributed by atoms with Crippen molar-refractivity contribution in [3.05, 3.63) is 44.2 Å². The molecular weight excluding hydrogens is 340 g/mol. The third kappa shape index (κ3) is 3.32. The molecule has 0 bridgehead atoms. The second kappa shape index (κ2) is 7.24. The monoisotopic (exact) mass is 362 g/mol. The Morgan fingerprint density at radius 2 is 2.08 bits per heavy atom. The van der Waals surface area contributed by atoms with E-state index in [0.29, 0.717) is 18.9 Å². The normalized spacial score (nSPS) is 17.5. The molecule has 3 heterocycles. The molecule has 10 heteroatoms. The van der Waals surface area contributed by atoms with Crippen LogP contribution in [0.3, 0.4) is 0 Å². The van der Waals surface area contributed by atoms with Crippen LogP contribution in [-0.2, 0) is 31.9 Å². The SMILES string of the molecule is Cn1c(CO)nnc1[C@H]1CCCN(C(=O)Cc2c[nH]c(=O)n(C)c2=O)C1. The second-order valence-electron chi connectivity index (χ2n) is 6.53. The third-order valence-electron chi connectivity index (χ3n) is 4.87. The molecule has 0 aromatic carbocycles. The maximum absolute atomic E-state index is 12.6. The lowest BCUT2D eigenvalue weighted by Gasteiger charge is -2.32. The fourth-order valence-electron chi connectivity index (χ4n) is 3.30. The van der Waals surface area contributed by atoms with E-state index in [9.17, 15) is 19.5 Å². The van der Waals surface area contributed by atoms with Gasteiger partial charge in [0.25, 0.3) is 5.56 Å². The summed E-state index contributed by atoms with van der Waals surface area (Å²) in [4.78, 5) is 40.3. The zero-order chi connectivity index (χ0) is 18.8. The molecule has 0 aliphatic carbocycles. The van der Waals surface area contributed by atoms with Crippen molar-refractivity contribution in [2.45, 2.75) is 31.8 Å². The molecule has 0 radical (unpaired) electrons. The standard InChI is InChI=1S/C16H22N6O4/c1-20-12(9-23)18-19-14(20)10-4-3-5-22(8-10)13(24)6-11-7-17-16(26)21(2)15(11)25/h7,10,23H,3-6,8-9H2,1-2H3,(H,17,26)/t10-/m0/s1. The number of amides is 1. The van der Waals surface area contributed by atoms with Crippen LogP contribution in [0, 0.1) is 0 Å². The van der Waals surface area contributed by atoms with E-state index in [0.717, 1.165) is 23.2 Å². The van der Waals surface area contributed by atoms with E-state index in [2.05, 4.69) is 15.2 Å². The van der Waals surface area contributed by atoms with Gasteiger partial charge in [-0.2, -0.15) is 0 Å². The van der Waals surface area contributed by atoms with Crippen molar-refractivity contribution in [2.75, 3.05) is 13.1 Å². The highest BCUT2D eigenvalue weighted by atomic mass is 16.3. The van der Waals surface area contributed by atoms with Gasteiger partial charge in [-0.15, -0.1) is 10.2 Å². The maximum Gasteiger partial charge on any atom is 0.328 e. The van der Waals surface area contributed by atoms with Crippen LogP contribution in [0.15, 0.2) is 15.8 Å². The lowest BCUT2D eigenvalue weighted by molar-refractivity contribution is -0.131. The minimum atomic E-state index is -0.508. The van der Waals surface area contributed by atoms with E-state index >= 15 is 0 Å². The van der Waals surface area contributed by atoms with Gasteiger partial charge < -0.3 is 19.6 Å². The molecule has 26 heavy (non-hydrogen) atoms. The minimum absolute atomic E-state index is 0.0314. The Kier molecular flexibility index (Phi) is 5.03. The number of aromatic nitrogens is 5. The molecule has 0 saturated carbocycles. The summed E-state index contributed by atoms with van der Waals surface area (Å²) < 4.78 is 2.72. The zero-order valence-corrected chi connectivity index (χ0v) is 14.8. The number of nitrogens with zero attached hydrogens (tertiary/aromatic N) is 5. The third-order valence-corrected chi connectivity index (χ3v) is 4.87. The Morgan fingerprint density at radius 3 is 2.77 bits per heavy atom. The van der Waals surface area contributed by atoms with E-state index in [1.807, 2.05) is 0 Å². The maximum atomic E-state index is 12.6. The van der Waals surface area contributed by atoms with Crippen LogP contribution >= 0.6 is 0 Å². The van der Waals surface area contributed by atoms with Crippen LogP contribution in [0.2, 0.25) is 0 Å². The van der Waals surface area contributed by atoms with E-state index in [1.165, 1.54) is 13.2 Å². The van der Waals surface area contributed by atoms with Gasteiger partial charge in [-0.25, -0.2) is 4.79 Å². The highest BCUT2D eigenvalue weighted by Crippen LogP contribution is 2.26. The fraction of sp³-hybridized carbons (Fsp3) is 0.562. The number of aromatic amines is 1. The van der Waals surface area contributed by atoms with Gasteiger partial charge in [0.15, 0.2) is 5.82 Å². The molecule has 0 unspecified atom stereocenters. The number of carbonyl (C=O) groups is 1. The Balaban J connectivity index is 1.74. The Morgan fingerprint density at radius 1 is 1.31 bits per heavy atom. The average molecular weight is 362 g/mol. The van der Waals surface area contributed by atoms with Crippen LogP contribution < -0.4 is 11.2 Å². The number of hydrogen-bond donors (Lipinski definition) is 2. The predicted octanol–water partition coefficient (Wildman–Crippen LogP) is -1.36. The van der Waals surface area contributed by atoms with Crippen LogP contribution in [0.5, 0.6) is 0 Å². The topological polar surface area (TPSA) is 126 Å². The predicted molar refractivity (Wildman–Crippen MR) is 91.5 cm³/mol. The van der Waals surface area contributed by atoms with Gasteiger partial charge in [0.1, 0.15) is 12.4 Å². The van der Waals surface area contributed by atoms with Crippen molar-refractivity contribution in [1.82, 2.24) is 29.2 Å². The van der Waals surface area contributed by atoms with Crippen molar-refractivity contribution in [2.24, 2.45) is 14.1 Å². The number of piperidine rings is 1. The smallest absolute Gasteiger partial charge is 0.328 e. The number of carbonyl (C=O) groups excluding carboxylic acids is 1. The molecule has 0 spiro atoms. The Hall–Kier alpha value is -2.75. The minimum Gasteiger partial charge on any atom is -0.388 e. The summed E-state index contributed by atoms with van der Waals surface area (Å²) in [6.07, 6.45) is 2.94. The first-order chi connectivity index (χ1) is 12.4. The fourth-order valence-corrected chi connectivity index (χ4v) is 3.30. The molecule has 1 aliphatic rings. The van der Waals surface area contributed by atoms with Gasteiger partial charge in [-0.05, 0) is 12.8 Å². The molecular formula is C16H22N6O4. The largest absolute Gasteiger partial charge is 0.388 e. The van der Waals surface area contributed by atoms with Crippen LogP contribution in [0.1, 0.15) is 36.0 Å². The van der Waals surface area contributed by atoms with Gasteiger partial charge in [-0.3, -0.25) is 14.2 Å². The molecule has 2 N–H and O–H groups in total. The first-order valence-electron chi connectivity index (χ1n) is 8.46. The quantitative estimate of drug-likeness (QED) is 0.692. The lowest BCUT2D eigenvalue weighted by Crippen LogP contribution is -2.42. The van der Waals surface area contributed by atoms with Gasteiger partial charge in [0.2, 0.25) is 5.91 Å². The first kappa shape index (κ1) is 18.1. The second-order valence-corrected chi connectivity index (χ2v) is 6.53. The summed E-state index contributed by atoms with van der Waals surface area (Å²) >= 11 is 0. The van der Waals surface area contributed by atoms with Crippen LogP contribution in [0.4, 0.5) is 0 Å². The summed E-state index contributed by atoms with van der Waals surface area (Å²) in [6.45, 7) is 0.915. The van der Waals surface area contributed by atoms with Crippen molar-refractivity contribution < 1.29 is 9.90 Å². The first-order valence-corrected chi connectivity index (χ1v) is 8.46.